The lowest BCUT2D eigenvalue weighted by molar-refractivity contribution is -0.131. The van der Waals surface area contributed by atoms with E-state index in [0.29, 0.717) is 23.8 Å². The summed E-state index contributed by atoms with van der Waals surface area (Å²) < 4.78 is 0. The number of nitrogens with one attached hydrogen (secondary N) is 1. The van der Waals surface area contributed by atoms with E-state index in [2.05, 4.69) is 33.0 Å². The molecule has 0 bridgehead atoms. The SMILES string of the molecule is CC(=O)N1CC(NCC(C)C)CC(C(C)C)C1. The fourth-order valence-corrected chi connectivity index (χ4v) is 2.43. The van der Waals surface area contributed by atoms with Crippen molar-refractivity contribution in [1.82, 2.24) is 10.2 Å². The number of carbonyl (C=O) groups excluding carboxylic acids is 1. The second-order valence-corrected chi connectivity index (χ2v) is 6.16. The second kappa shape index (κ2) is 6.39. The number of hydrogen-bond donors (Lipinski definition) is 1. The van der Waals surface area contributed by atoms with Crippen LogP contribution in [0.2, 0.25) is 0 Å². The first-order chi connectivity index (χ1) is 7.90. The van der Waals surface area contributed by atoms with Crippen molar-refractivity contribution in [3.8, 4) is 0 Å². The maximum atomic E-state index is 11.5. The Labute approximate surface area is 106 Å². The van der Waals surface area contributed by atoms with E-state index >= 15 is 0 Å². The van der Waals surface area contributed by atoms with Crippen LogP contribution in [0.3, 0.4) is 0 Å². The summed E-state index contributed by atoms with van der Waals surface area (Å²) in [5.41, 5.74) is 0. The van der Waals surface area contributed by atoms with Crippen molar-refractivity contribution >= 4 is 5.91 Å². The van der Waals surface area contributed by atoms with Crippen LogP contribution in [-0.2, 0) is 4.79 Å². The van der Waals surface area contributed by atoms with Crippen LogP contribution in [-0.4, -0.2) is 36.5 Å². The minimum Gasteiger partial charge on any atom is -0.341 e. The van der Waals surface area contributed by atoms with E-state index in [9.17, 15) is 4.79 Å². The summed E-state index contributed by atoms with van der Waals surface area (Å²) in [6.07, 6.45) is 1.20. The highest BCUT2D eigenvalue weighted by Gasteiger charge is 2.29. The summed E-state index contributed by atoms with van der Waals surface area (Å²) in [4.78, 5) is 13.6. The van der Waals surface area contributed by atoms with Gasteiger partial charge in [-0.3, -0.25) is 4.79 Å². The van der Waals surface area contributed by atoms with Gasteiger partial charge in [-0.25, -0.2) is 0 Å². The Morgan fingerprint density at radius 1 is 1.29 bits per heavy atom. The number of amides is 1. The van der Waals surface area contributed by atoms with Crippen LogP contribution in [0.25, 0.3) is 0 Å². The predicted molar refractivity (Wildman–Crippen MR) is 71.8 cm³/mol. The van der Waals surface area contributed by atoms with Gasteiger partial charge in [0.25, 0.3) is 0 Å². The highest BCUT2D eigenvalue weighted by Crippen LogP contribution is 2.24. The van der Waals surface area contributed by atoms with E-state index in [4.69, 9.17) is 0 Å². The van der Waals surface area contributed by atoms with Crippen LogP contribution in [0.1, 0.15) is 41.0 Å². The molecular weight excluding hydrogens is 212 g/mol. The van der Waals surface area contributed by atoms with Gasteiger partial charge < -0.3 is 10.2 Å². The second-order valence-electron chi connectivity index (χ2n) is 6.16. The third kappa shape index (κ3) is 4.66. The van der Waals surface area contributed by atoms with Gasteiger partial charge in [-0.05, 0) is 30.7 Å². The van der Waals surface area contributed by atoms with Gasteiger partial charge in [0.1, 0.15) is 0 Å². The number of hydrogen-bond acceptors (Lipinski definition) is 2. The highest BCUT2D eigenvalue weighted by atomic mass is 16.2. The van der Waals surface area contributed by atoms with E-state index < -0.39 is 0 Å². The molecule has 0 aromatic rings. The highest BCUT2D eigenvalue weighted by molar-refractivity contribution is 5.73. The van der Waals surface area contributed by atoms with Gasteiger partial charge in [0.05, 0.1) is 0 Å². The molecule has 1 saturated heterocycles. The average molecular weight is 240 g/mol. The summed E-state index contributed by atoms with van der Waals surface area (Å²) in [6, 6.07) is 0.474. The summed E-state index contributed by atoms with van der Waals surface area (Å²) in [7, 11) is 0. The Morgan fingerprint density at radius 2 is 1.94 bits per heavy atom. The van der Waals surface area contributed by atoms with E-state index in [1.807, 2.05) is 4.90 Å². The zero-order valence-electron chi connectivity index (χ0n) is 12.0. The van der Waals surface area contributed by atoms with Crippen LogP contribution >= 0.6 is 0 Å². The first-order valence-corrected chi connectivity index (χ1v) is 6.89. The minimum absolute atomic E-state index is 0.215. The molecule has 3 heteroatoms. The Kier molecular flexibility index (Phi) is 5.44. The minimum atomic E-state index is 0.215. The first kappa shape index (κ1) is 14.5. The van der Waals surface area contributed by atoms with Crippen molar-refractivity contribution in [3.63, 3.8) is 0 Å². The largest absolute Gasteiger partial charge is 0.341 e. The van der Waals surface area contributed by atoms with Gasteiger partial charge in [-0.15, -0.1) is 0 Å². The third-order valence-electron chi connectivity index (χ3n) is 3.69. The molecule has 1 aliphatic heterocycles. The van der Waals surface area contributed by atoms with Crippen LogP contribution in [0.5, 0.6) is 0 Å². The molecule has 0 saturated carbocycles. The molecule has 1 aliphatic rings. The van der Waals surface area contributed by atoms with Crippen LogP contribution in [0.15, 0.2) is 0 Å². The third-order valence-corrected chi connectivity index (χ3v) is 3.69. The maximum absolute atomic E-state index is 11.5. The van der Waals surface area contributed by atoms with E-state index in [-0.39, 0.29) is 5.91 Å². The van der Waals surface area contributed by atoms with Crippen molar-refractivity contribution in [2.75, 3.05) is 19.6 Å². The number of carbonyl (C=O) groups is 1. The lowest BCUT2D eigenvalue weighted by atomic mass is 9.85. The first-order valence-electron chi connectivity index (χ1n) is 6.89. The van der Waals surface area contributed by atoms with Crippen LogP contribution < -0.4 is 5.32 Å². The Hall–Kier alpha value is -0.570. The molecule has 2 atom stereocenters. The van der Waals surface area contributed by atoms with E-state index in [1.165, 1.54) is 6.42 Å². The number of nitrogens with zero attached hydrogens (tertiary/aromatic N) is 1. The molecule has 2 unspecified atom stereocenters. The topological polar surface area (TPSA) is 32.3 Å². The summed E-state index contributed by atoms with van der Waals surface area (Å²) >= 11 is 0. The van der Waals surface area contributed by atoms with Gasteiger partial charge in [-0.1, -0.05) is 27.7 Å². The summed E-state index contributed by atoms with van der Waals surface area (Å²) in [6.45, 7) is 13.5. The monoisotopic (exact) mass is 240 g/mol. The summed E-state index contributed by atoms with van der Waals surface area (Å²) in [5.74, 6) is 2.17. The Balaban J connectivity index is 2.55. The molecule has 0 aromatic carbocycles. The molecule has 1 N–H and O–H groups in total. The summed E-state index contributed by atoms with van der Waals surface area (Å²) in [5, 5.41) is 3.60. The van der Waals surface area contributed by atoms with Crippen molar-refractivity contribution in [2.45, 2.75) is 47.1 Å². The fourth-order valence-electron chi connectivity index (χ4n) is 2.43. The molecule has 1 amide bonds. The molecule has 17 heavy (non-hydrogen) atoms. The standard InChI is InChI=1S/C14H28N2O/c1-10(2)7-15-14-6-13(11(3)4)8-16(9-14)12(5)17/h10-11,13-15H,6-9H2,1-5H3. The van der Waals surface area contributed by atoms with Crippen molar-refractivity contribution < 1.29 is 4.79 Å². The van der Waals surface area contributed by atoms with Gasteiger partial charge in [0.2, 0.25) is 5.91 Å². The van der Waals surface area contributed by atoms with Gasteiger partial charge in [-0.2, -0.15) is 0 Å². The van der Waals surface area contributed by atoms with Crippen molar-refractivity contribution in [1.29, 1.82) is 0 Å². The van der Waals surface area contributed by atoms with Gasteiger partial charge >= 0.3 is 0 Å². The molecule has 0 radical (unpaired) electrons. The molecule has 3 nitrogen and oxygen atoms in total. The Morgan fingerprint density at radius 3 is 2.41 bits per heavy atom. The average Bonchev–Trinajstić information content (AvgIpc) is 2.25. The van der Waals surface area contributed by atoms with Crippen LogP contribution in [0, 0.1) is 17.8 Å². The Bertz CT molecular complexity index is 251. The molecule has 0 spiro atoms. The predicted octanol–water partition coefficient (Wildman–Crippen LogP) is 2.12. The number of likely N-dealkylation sites (tertiary alicyclic amines) is 1. The lowest BCUT2D eigenvalue weighted by Crippen LogP contribution is -2.52. The van der Waals surface area contributed by atoms with Crippen molar-refractivity contribution in [3.05, 3.63) is 0 Å². The quantitative estimate of drug-likeness (QED) is 0.816. The molecular formula is C14H28N2O. The normalized spacial score (nSPS) is 25.7. The molecule has 1 fully saturated rings. The molecule has 0 aliphatic carbocycles. The maximum Gasteiger partial charge on any atom is 0.219 e. The molecule has 100 valence electrons. The fraction of sp³-hybridized carbons (Fsp3) is 0.929. The molecule has 1 rings (SSSR count). The lowest BCUT2D eigenvalue weighted by Gasteiger charge is -2.39. The number of rotatable bonds is 4. The molecule has 1 heterocycles. The van der Waals surface area contributed by atoms with Gasteiger partial charge in [0, 0.05) is 26.1 Å². The van der Waals surface area contributed by atoms with Crippen LogP contribution in [0.4, 0.5) is 0 Å². The smallest absolute Gasteiger partial charge is 0.219 e. The zero-order chi connectivity index (χ0) is 13.0. The van der Waals surface area contributed by atoms with Crippen molar-refractivity contribution in [2.24, 2.45) is 17.8 Å². The van der Waals surface area contributed by atoms with E-state index in [1.54, 1.807) is 6.92 Å². The van der Waals surface area contributed by atoms with E-state index in [0.717, 1.165) is 19.6 Å². The zero-order valence-corrected chi connectivity index (χ0v) is 12.0. The number of piperidine rings is 1. The van der Waals surface area contributed by atoms with Gasteiger partial charge in [0.15, 0.2) is 0 Å². The molecule has 0 aromatic heterocycles.